The standard InChI is InChI=1S/C19H24N4O2/c1-2-25-19(24)22-18-11-8-16(14-20-18)21-15-6-9-17(10-7-15)23-12-4-3-5-13-23/h6-11,14,21H,2-5,12-13H2,1H3,(H,20,22,24). The molecule has 1 amide bonds. The summed E-state index contributed by atoms with van der Waals surface area (Å²) in [7, 11) is 0. The van der Waals surface area contributed by atoms with Crippen LogP contribution in [0.2, 0.25) is 0 Å². The Labute approximate surface area is 148 Å². The van der Waals surface area contributed by atoms with Crippen LogP contribution in [-0.4, -0.2) is 30.8 Å². The van der Waals surface area contributed by atoms with E-state index in [4.69, 9.17) is 4.74 Å². The second-order valence-electron chi connectivity index (χ2n) is 6.00. The first-order chi connectivity index (χ1) is 12.2. The Morgan fingerprint density at radius 2 is 1.80 bits per heavy atom. The maximum atomic E-state index is 11.4. The molecule has 6 heteroatoms. The van der Waals surface area contributed by atoms with Gasteiger partial charge in [0.2, 0.25) is 0 Å². The molecule has 0 radical (unpaired) electrons. The molecule has 0 aliphatic carbocycles. The molecule has 0 saturated carbocycles. The number of anilines is 4. The van der Waals surface area contributed by atoms with Gasteiger partial charge in [-0.2, -0.15) is 0 Å². The van der Waals surface area contributed by atoms with E-state index in [1.165, 1.54) is 24.9 Å². The summed E-state index contributed by atoms with van der Waals surface area (Å²) in [6.07, 6.45) is 5.07. The van der Waals surface area contributed by atoms with Crippen molar-refractivity contribution in [1.29, 1.82) is 0 Å². The maximum absolute atomic E-state index is 11.4. The maximum Gasteiger partial charge on any atom is 0.412 e. The Morgan fingerprint density at radius 3 is 2.44 bits per heavy atom. The lowest BCUT2D eigenvalue weighted by atomic mass is 10.1. The summed E-state index contributed by atoms with van der Waals surface area (Å²) in [6, 6.07) is 12.1. The highest BCUT2D eigenvalue weighted by Crippen LogP contribution is 2.23. The zero-order chi connectivity index (χ0) is 17.5. The number of ether oxygens (including phenoxy) is 1. The van der Waals surface area contributed by atoms with Crippen LogP contribution in [0.25, 0.3) is 0 Å². The minimum atomic E-state index is -0.496. The van der Waals surface area contributed by atoms with E-state index >= 15 is 0 Å². The monoisotopic (exact) mass is 340 g/mol. The molecule has 2 heterocycles. The average molecular weight is 340 g/mol. The smallest absolute Gasteiger partial charge is 0.412 e. The molecule has 0 spiro atoms. The average Bonchev–Trinajstić information content (AvgIpc) is 2.65. The SMILES string of the molecule is CCOC(=O)Nc1ccc(Nc2ccc(N3CCCCC3)cc2)cn1. The van der Waals surface area contributed by atoms with Crippen LogP contribution in [0.3, 0.4) is 0 Å². The lowest BCUT2D eigenvalue weighted by Crippen LogP contribution is -2.29. The third-order valence-corrected chi connectivity index (χ3v) is 4.15. The zero-order valence-corrected chi connectivity index (χ0v) is 14.5. The Morgan fingerprint density at radius 1 is 1.08 bits per heavy atom. The van der Waals surface area contributed by atoms with E-state index in [9.17, 15) is 4.79 Å². The van der Waals surface area contributed by atoms with Crippen molar-refractivity contribution in [1.82, 2.24) is 4.98 Å². The van der Waals surface area contributed by atoms with Crippen LogP contribution in [0.5, 0.6) is 0 Å². The van der Waals surface area contributed by atoms with Crippen molar-refractivity contribution in [2.75, 3.05) is 35.2 Å². The van der Waals surface area contributed by atoms with Gasteiger partial charge >= 0.3 is 6.09 Å². The van der Waals surface area contributed by atoms with Gasteiger partial charge < -0.3 is 15.0 Å². The number of hydrogen-bond donors (Lipinski definition) is 2. The van der Waals surface area contributed by atoms with Crippen LogP contribution in [0.4, 0.5) is 27.7 Å². The van der Waals surface area contributed by atoms with Crippen LogP contribution < -0.4 is 15.5 Å². The molecule has 0 atom stereocenters. The second-order valence-corrected chi connectivity index (χ2v) is 6.00. The molecule has 1 fully saturated rings. The number of carbonyl (C=O) groups excluding carboxylic acids is 1. The molecular weight excluding hydrogens is 316 g/mol. The van der Waals surface area contributed by atoms with Crippen LogP contribution in [0.1, 0.15) is 26.2 Å². The minimum Gasteiger partial charge on any atom is -0.450 e. The molecule has 6 nitrogen and oxygen atoms in total. The van der Waals surface area contributed by atoms with Crippen molar-refractivity contribution >= 4 is 29.0 Å². The third kappa shape index (κ3) is 4.86. The molecule has 25 heavy (non-hydrogen) atoms. The van der Waals surface area contributed by atoms with Crippen molar-refractivity contribution in [3.63, 3.8) is 0 Å². The number of aromatic nitrogens is 1. The van der Waals surface area contributed by atoms with Crippen molar-refractivity contribution in [2.45, 2.75) is 26.2 Å². The topological polar surface area (TPSA) is 66.5 Å². The number of rotatable bonds is 5. The summed E-state index contributed by atoms with van der Waals surface area (Å²) in [5.74, 6) is 0.462. The molecule has 1 aromatic heterocycles. The number of nitrogens with zero attached hydrogens (tertiary/aromatic N) is 2. The van der Waals surface area contributed by atoms with Gasteiger partial charge in [0.1, 0.15) is 5.82 Å². The quantitative estimate of drug-likeness (QED) is 0.845. The lowest BCUT2D eigenvalue weighted by Gasteiger charge is -2.28. The van der Waals surface area contributed by atoms with E-state index < -0.39 is 6.09 Å². The molecule has 1 aliphatic heterocycles. The molecule has 1 aromatic carbocycles. The summed E-state index contributed by atoms with van der Waals surface area (Å²) >= 11 is 0. The highest BCUT2D eigenvalue weighted by Gasteiger charge is 2.10. The van der Waals surface area contributed by atoms with E-state index in [1.54, 1.807) is 19.2 Å². The molecule has 2 aromatic rings. The summed E-state index contributed by atoms with van der Waals surface area (Å²) in [4.78, 5) is 18.0. The first-order valence-corrected chi connectivity index (χ1v) is 8.76. The van der Waals surface area contributed by atoms with Crippen LogP contribution in [-0.2, 0) is 4.74 Å². The number of carbonyl (C=O) groups is 1. The first kappa shape index (κ1) is 17.1. The van der Waals surface area contributed by atoms with Gasteiger partial charge in [0.15, 0.2) is 0 Å². The Hall–Kier alpha value is -2.76. The van der Waals surface area contributed by atoms with Gasteiger partial charge in [-0.1, -0.05) is 0 Å². The fraction of sp³-hybridized carbons (Fsp3) is 0.368. The van der Waals surface area contributed by atoms with Crippen LogP contribution in [0.15, 0.2) is 42.6 Å². The predicted octanol–water partition coefficient (Wildman–Crippen LogP) is 4.38. The van der Waals surface area contributed by atoms with Crippen molar-refractivity contribution in [3.05, 3.63) is 42.6 Å². The Balaban J connectivity index is 1.57. The van der Waals surface area contributed by atoms with Gasteiger partial charge in [-0.05, 0) is 62.6 Å². The molecule has 1 aliphatic rings. The second kappa shape index (κ2) is 8.37. The van der Waals surface area contributed by atoms with E-state index in [2.05, 4.69) is 44.8 Å². The van der Waals surface area contributed by atoms with Crippen molar-refractivity contribution in [3.8, 4) is 0 Å². The fourth-order valence-corrected chi connectivity index (χ4v) is 2.89. The number of benzene rings is 1. The third-order valence-electron chi connectivity index (χ3n) is 4.15. The lowest BCUT2D eigenvalue weighted by molar-refractivity contribution is 0.168. The summed E-state index contributed by atoms with van der Waals surface area (Å²) in [5.41, 5.74) is 3.14. The van der Waals surface area contributed by atoms with E-state index in [1.807, 2.05) is 6.07 Å². The van der Waals surface area contributed by atoms with E-state index in [0.29, 0.717) is 12.4 Å². The van der Waals surface area contributed by atoms with E-state index in [0.717, 1.165) is 24.5 Å². The molecule has 132 valence electrons. The summed E-state index contributed by atoms with van der Waals surface area (Å²) in [5, 5.41) is 5.89. The number of nitrogens with one attached hydrogen (secondary N) is 2. The number of piperidine rings is 1. The normalized spacial score (nSPS) is 14.0. The van der Waals surface area contributed by atoms with Gasteiger partial charge in [0.05, 0.1) is 18.5 Å². The van der Waals surface area contributed by atoms with Crippen molar-refractivity contribution < 1.29 is 9.53 Å². The predicted molar refractivity (Wildman–Crippen MR) is 101 cm³/mol. The fourth-order valence-electron chi connectivity index (χ4n) is 2.89. The van der Waals surface area contributed by atoms with Gasteiger partial charge in [-0.15, -0.1) is 0 Å². The number of amides is 1. The van der Waals surface area contributed by atoms with Crippen molar-refractivity contribution in [2.24, 2.45) is 0 Å². The highest BCUT2D eigenvalue weighted by molar-refractivity contribution is 5.83. The summed E-state index contributed by atoms with van der Waals surface area (Å²) in [6.45, 7) is 4.38. The van der Waals surface area contributed by atoms with Gasteiger partial charge in [-0.25, -0.2) is 9.78 Å². The molecule has 0 bridgehead atoms. The number of hydrogen-bond acceptors (Lipinski definition) is 5. The Bertz CT molecular complexity index is 680. The molecule has 0 unspecified atom stereocenters. The minimum absolute atomic E-state index is 0.332. The number of pyridine rings is 1. The van der Waals surface area contributed by atoms with Gasteiger partial charge in [0, 0.05) is 24.5 Å². The summed E-state index contributed by atoms with van der Waals surface area (Å²) < 4.78 is 4.82. The first-order valence-electron chi connectivity index (χ1n) is 8.76. The van der Waals surface area contributed by atoms with E-state index in [-0.39, 0.29) is 0 Å². The largest absolute Gasteiger partial charge is 0.450 e. The molecule has 3 rings (SSSR count). The van der Waals surface area contributed by atoms with Crippen LogP contribution >= 0.6 is 0 Å². The van der Waals surface area contributed by atoms with Crippen LogP contribution in [0, 0.1) is 0 Å². The molecular formula is C19H24N4O2. The molecule has 1 saturated heterocycles. The highest BCUT2D eigenvalue weighted by atomic mass is 16.5. The van der Waals surface area contributed by atoms with Gasteiger partial charge in [0.25, 0.3) is 0 Å². The Kier molecular flexibility index (Phi) is 5.72. The zero-order valence-electron chi connectivity index (χ0n) is 14.5. The van der Waals surface area contributed by atoms with Gasteiger partial charge in [-0.3, -0.25) is 5.32 Å². The molecule has 2 N–H and O–H groups in total.